The lowest BCUT2D eigenvalue weighted by Gasteiger charge is -2.23. The Morgan fingerprint density at radius 1 is 1.32 bits per heavy atom. The quantitative estimate of drug-likeness (QED) is 0.637. The summed E-state index contributed by atoms with van der Waals surface area (Å²) in [5.74, 6) is -0.155. The van der Waals surface area contributed by atoms with Crippen molar-refractivity contribution in [3.8, 4) is 11.3 Å². The number of benzene rings is 1. The first-order valence-corrected chi connectivity index (χ1v) is 9.56. The number of thiophene rings is 1. The van der Waals surface area contributed by atoms with Crippen molar-refractivity contribution in [1.29, 1.82) is 0 Å². The van der Waals surface area contributed by atoms with Gasteiger partial charge in [0, 0.05) is 16.6 Å². The molecule has 0 saturated heterocycles. The van der Waals surface area contributed by atoms with Gasteiger partial charge in [-0.05, 0) is 54.7 Å². The van der Waals surface area contributed by atoms with Crippen molar-refractivity contribution >= 4 is 33.2 Å². The maximum absolute atomic E-state index is 12.4. The van der Waals surface area contributed by atoms with E-state index < -0.39 is 0 Å². The maximum Gasteiger partial charge on any atom is 0.269 e. The van der Waals surface area contributed by atoms with Crippen molar-refractivity contribution in [1.82, 2.24) is 20.4 Å². The highest BCUT2D eigenvalue weighted by Crippen LogP contribution is 2.22. The van der Waals surface area contributed by atoms with Crippen LogP contribution in [0.15, 0.2) is 51.6 Å². The minimum absolute atomic E-state index is 0.143. The Hall–Kier alpha value is -1.96. The number of aromatic amines is 1. The number of rotatable bonds is 6. The molecule has 3 aromatic rings. The predicted octanol–water partition coefficient (Wildman–Crippen LogP) is 3.93. The van der Waals surface area contributed by atoms with Crippen LogP contribution in [0.3, 0.4) is 0 Å². The second-order valence-electron chi connectivity index (χ2n) is 5.92. The molecule has 0 aliphatic heterocycles. The fourth-order valence-electron chi connectivity index (χ4n) is 2.55. The molecule has 0 aliphatic carbocycles. The zero-order chi connectivity index (χ0) is 17.8. The monoisotopic (exact) mass is 418 g/mol. The van der Waals surface area contributed by atoms with E-state index in [4.69, 9.17) is 0 Å². The number of nitrogens with zero attached hydrogens (tertiary/aromatic N) is 2. The molecule has 5 nitrogen and oxygen atoms in total. The van der Waals surface area contributed by atoms with Crippen LogP contribution in [0.25, 0.3) is 11.3 Å². The van der Waals surface area contributed by atoms with Crippen LogP contribution in [-0.4, -0.2) is 41.6 Å². The summed E-state index contributed by atoms with van der Waals surface area (Å²) in [6, 6.07) is 11.8. The normalized spacial score (nSPS) is 12.3. The Balaban J connectivity index is 1.66. The van der Waals surface area contributed by atoms with Gasteiger partial charge >= 0.3 is 0 Å². The van der Waals surface area contributed by atoms with Gasteiger partial charge in [-0.25, -0.2) is 0 Å². The molecule has 7 heteroatoms. The summed E-state index contributed by atoms with van der Waals surface area (Å²) in [7, 11) is 4.02. The van der Waals surface area contributed by atoms with Crippen molar-refractivity contribution in [2.75, 3.05) is 20.6 Å². The molecule has 25 heavy (non-hydrogen) atoms. The highest BCUT2D eigenvalue weighted by molar-refractivity contribution is 9.10. The van der Waals surface area contributed by atoms with Crippen molar-refractivity contribution in [2.45, 2.75) is 6.04 Å². The third-order valence-corrected chi connectivity index (χ3v) is 5.20. The number of nitrogens with one attached hydrogen (secondary N) is 2. The highest BCUT2D eigenvalue weighted by atomic mass is 79.9. The fourth-order valence-corrected chi connectivity index (χ4v) is 3.53. The minimum Gasteiger partial charge on any atom is -0.349 e. The van der Waals surface area contributed by atoms with Crippen molar-refractivity contribution < 1.29 is 4.79 Å². The predicted molar refractivity (Wildman–Crippen MR) is 105 cm³/mol. The number of carbonyl (C=O) groups is 1. The SMILES string of the molecule is CN(C)C(CNC(=O)c1cc(-c2ccc(Br)cc2)n[nH]1)c1ccsc1. The van der Waals surface area contributed by atoms with Gasteiger partial charge in [0.05, 0.1) is 11.7 Å². The van der Waals surface area contributed by atoms with E-state index in [9.17, 15) is 4.79 Å². The Bertz CT molecular complexity index is 827. The van der Waals surface area contributed by atoms with Gasteiger partial charge in [-0.15, -0.1) is 0 Å². The van der Waals surface area contributed by atoms with Gasteiger partial charge in [0.25, 0.3) is 5.91 Å². The van der Waals surface area contributed by atoms with E-state index >= 15 is 0 Å². The smallest absolute Gasteiger partial charge is 0.269 e. The lowest BCUT2D eigenvalue weighted by Crippen LogP contribution is -2.34. The van der Waals surface area contributed by atoms with Gasteiger partial charge in [0.1, 0.15) is 5.69 Å². The third-order valence-electron chi connectivity index (χ3n) is 3.97. The minimum atomic E-state index is -0.155. The summed E-state index contributed by atoms with van der Waals surface area (Å²) in [5, 5.41) is 14.2. The number of likely N-dealkylation sites (N-methyl/N-ethyl adjacent to an activating group) is 1. The summed E-state index contributed by atoms with van der Waals surface area (Å²) < 4.78 is 1.01. The van der Waals surface area contributed by atoms with Gasteiger partial charge in [-0.1, -0.05) is 28.1 Å². The number of halogens is 1. The van der Waals surface area contributed by atoms with Gasteiger partial charge in [0.2, 0.25) is 0 Å². The van der Waals surface area contributed by atoms with E-state index in [1.165, 1.54) is 5.56 Å². The Morgan fingerprint density at radius 3 is 2.72 bits per heavy atom. The molecule has 3 rings (SSSR count). The number of hydrogen-bond donors (Lipinski definition) is 2. The molecule has 1 unspecified atom stereocenters. The maximum atomic E-state index is 12.4. The number of hydrogen-bond acceptors (Lipinski definition) is 4. The number of carbonyl (C=O) groups excluding carboxylic acids is 1. The van der Waals surface area contributed by atoms with E-state index in [0.717, 1.165) is 15.7 Å². The molecule has 2 N–H and O–H groups in total. The zero-order valence-electron chi connectivity index (χ0n) is 14.0. The summed E-state index contributed by atoms with van der Waals surface area (Å²) in [6.07, 6.45) is 0. The van der Waals surface area contributed by atoms with E-state index in [-0.39, 0.29) is 11.9 Å². The molecular weight excluding hydrogens is 400 g/mol. The van der Waals surface area contributed by atoms with Gasteiger partial charge in [-0.2, -0.15) is 16.4 Å². The van der Waals surface area contributed by atoms with Gasteiger partial charge < -0.3 is 10.2 Å². The number of amides is 1. The topological polar surface area (TPSA) is 61.0 Å². The first-order chi connectivity index (χ1) is 12.0. The van der Waals surface area contributed by atoms with Gasteiger partial charge in [0.15, 0.2) is 0 Å². The van der Waals surface area contributed by atoms with Crippen LogP contribution in [0, 0.1) is 0 Å². The summed E-state index contributed by atoms with van der Waals surface area (Å²) in [6.45, 7) is 0.537. The molecule has 0 saturated carbocycles. The van der Waals surface area contributed by atoms with Crippen LogP contribution in [0.2, 0.25) is 0 Å². The summed E-state index contributed by atoms with van der Waals surface area (Å²) in [4.78, 5) is 14.5. The molecule has 0 aliphatic rings. The van der Waals surface area contributed by atoms with Gasteiger partial charge in [-0.3, -0.25) is 9.89 Å². The largest absolute Gasteiger partial charge is 0.349 e. The number of aromatic nitrogens is 2. The highest BCUT2D eigenvalue weighted by Gasteiger charge is 2.17. The van der Waals surface area contributed by atoms with E-state index in [1.807, 2.05) is 43.7 Å². The van der Waals surface area contributed by atoms with E-state index in [2.05, 4.69) is 47.8 Å². The second-order valence-corrected chi connectivity index (χ2v) is 7.62. The lowest BCUT2D eigenvalue weighted by atomic mass is 10.1. The zero-order valence-corrected chi connectivity index (χ0v) is 16.4. The average molecular weight is 419 g/mol. The molecule has 1 atom stereocenters. The molecule has 0 fully saturated rings. The van der Waals surface area contributed by atoms with Crippen LogP contribution in [-0.2, 0) is 0 Å². The standard InChI is InChI=1S/C18H19BrN4OS/c1-23(2)17(13-7-8-25-11-13)10-20-18(24)16-9-15(21-22-16)12-3-5-14(19)6-4-12/h3-9,11,17H,10H2,1-2H3,(H,20,24)(H,21,22). The molecule has 0 spiro atoms. The average Bonchev–Trinajstić information content (AvgIpc) is 3.27. The van der Waals surface area contributed by atoms with Crippen molar-refractivity contribution in [2.24, 2.45) is 0 Å². The Labute approximate surface area is 159 Å². The Kier molecular flexibility index (Phi) is 5.67. The summed E-state index contributed by atoms with van der Waals surface area (Å²) >= 11 is 5.07. The molecule has 2 aromatic heterocycles. The Morgan fingerprint density at radius 2 is 2.08 bits per heavy atom. The molecule has 0 bridgehead atoms. The van der Waals surface area contributed by atoms with Crippen LogP contribution in [0.5, 0.6) is 0 Å². The fraction of sp³-hybridized carbons (Fsp3) is 0.222. The van der Waals surface area contributed by atoms with Crippen LogP contribution >= 0.6 is 27.3 Å². The third kappa shape index (κ3) is 4.36. The van der Waals surface area contributed by atoms with E-state index in [1.54, 1.807) is 17.4 Å². The first-order valence-electron chi connectivity index (χ1n) is 7.82. The first kappa shape index (κ1) is 17.8. The van der Waals surface area contributed by atoms with E-state index in [0.29, 0.717) is 12.2 Å². The molecule has 1 aromatic carbocycles. The molecular formula is C18H19BrN4OS. The van der Waals surface area contributed by atoms with Crippen molar-refractivity contribution in [3.05, 3.63) is 62.9 Å². The molecule has 2 heterocycles. The van der Waals surface area contributed by atoms with Crippen LogP contribution in [0.1, 0.15) is 22.1 Å². The van der Waals surface area contributed by atoms with Crippen LogP contribution < -0.4 is 5.32 Å². The van der Waals surface area contributed by atoms with Crippen molar-refractivity contribution in [3.63, 3.8) is 0 Å². The molecule has 130 valence electrons. The summed E-state index contributed by atoms with van der Waals surface area (Å²) in [5.41, 5.74) is 3.37. The van der Waals surface area contributed by atoms with Crippen LogP contribution in [0.4, 0.5) is 0 Å². The second kappa shape index (κ2) is 7.95. The molecule has 0 radical (unpaired) electrons. The molecule has 1 amide bonds. The lowest BCUT2D eigenvalue weighted by molar-refractivity contribution is 0.0937. The number of H-pyrrole nitrogens is 1.